The zero-order valence-electron chi connectivity index (χ0n) is 18.7. The summed E-state index contributed by atoms with van der Waals surface area (Å²) in [5.41, 5.74) is 1.25. The highest BCUT2D eigenvalue weighted by molar-refractivity contribution is 5.82. The molecule has 4 atom stereocenters. The van der Waals surface area contributed by atoms with Crippen molar-refractivity contribution in [3.63, 3.8) is 0 Å². The van der Waals surface area contributed by atoms with E-state index in [1.807, 2.05) is 6.07 Å². The van der Waals surface area contributed by atoms with E-state index < -0.39 is 0 Å². The molecular weight excluding hydrogens is 344 g/mol. The smallest absolute Gasteiger partial charge is 0.240 e. The largest absolute Gasteiger partial charge is 0.334 e. The number of nitrogens with zero attached hydrogens (tertiary/aromatic N) is 2. The maximum Gasteiger partial charge on any atom is 0.240 e. The minimum atomic E-state index is 0.0244. The zero-order chi connectivity index (χ0) is 20.3. The van der Waals surface area contributed by atoms with Gasteiger partial charge in [0.1, 0.15) is 0 Å². The molecule has 1 saturated heterocycles. The Hall–Kier alpha value is -1.35. The van der Waals surface area contributed by atoms with Crippen LogP contribution in [0.1, 0.15) is 78.7 Å². The maximum atomic E-state index is 13.9. The molecule has 0 spiro atoms. The van der Waals surface area contributed by atoms with Gasteiger partial charge < -0.3 is 4.90 Å². The van der Waals surface area contributed by atoms with Gasteiger partial charge in [-0.15, -0.1) is 0 Å². The van der Waals surface area contributed by atoms with Crippen LogP contribution in [-0.4, -0.2) is 39.9 Å². The lowest BCUT2D eigenvalue weighted by atomic mass is 9.71. The van der Waals surface area contributed by atoms with Crippen LogP contribution in [0.5, 0.6) is 0 Å². The monoisotopic (exact) mass is 384 g/mol. The fourth-order valence-corrected chi connectivity index (χ4v) is 5.25. The van der Waals surface area contributed by atoms with E-state index in [4.69, 9.17) is 0 Å². The summed E-state index contributed by atoms with van der Waals surface area (Å²) in [4.78, 5) is 18.6. The first-order valence-corrected chi connectivity index (χ1v) is 11.4. The van der Waals surface area contributed by atoms with Gasteiger partial charge >= 0.3 is 0 Å². The highest BCUT2D eigenvalue weighted by atomic mass is 16.2. The molecule has 0 radical (unpaired) electrons. The fraction of sp³-hybridized carbons (Fsp3) is 0.720. The minimum absolute atomic E-state index is 0.0244. The third-order valence-corrected chi connectivity index (χ3v) is 7.15. The number of likely N-dealkylation sites (tertiary alicyclic amines) is 1. The molecule has 3 rings (SSSR count). The Morgan fingerprint density at radius 2 is 1.79 bits per heavy atom. The number of fused-ring (bicyclic) bond motifs is 1. The number of rotatable bonds is 5. The third kappa shape index (κ3) is 4.79. The van der Waals surface area contributed by atoms with Crippen LogP contribution in [0.3, 0.4) is 0 Å². The first-order valence-electron chi connectivity index (χ1n) is 11.4. The molecule has 3 nitrogen and oxygen atoms in total. The standard InChI is InChI=1S/C25H40N2O/c1-6-19(2)26(17-20-12-8-7-9-13-20)24(28)23-16-21-14-10-11-15-22(21)18-27(23)25(3,4)5/h7-9,12-13,19,21-23H,6,10-11,14-18H2,1-5H3. The first-order chi connectivity index (χ1) is 13.3. The number of hydrogen-bond donors (Lipinski definition) is 0. The molecule has 0 N–H and O–H groups in total. The van der Waals surface area contributed by atoms with Crippen molar-refractivity contribution in [2.75, 3.05) is 6.54 Å². The van der Waals surface area contributed by atoms with Gasteiger partial charge in [-0.05, 0) is 64.4 Å². The summed E-state index contributed by atoms with van der Waals surface area (Å²) in [6.45, 7) is 13.0. The van der Waals surface area contributed by atoms with Crippen LogP contribution in [-0.2, 0) is 11.3 Å². The third-order valence-electron chi connectivity index (χ3n) is 7.15. The quantitative estimate of drug-likeness (QED) is 0.670. The number of amides is 1. The molecule has 2 fully saturated rings. The van der Waals surface area contributed by atoms with Crippen molar-refractivity contribution >= 4 is 5.91 Å². The van der Waals surface area contributed by atoms with Gasteiger partial charge in [0.15, 0.2) is 0 Å². The highest BCUT2D eigenvalue weighted by Crippen LogP contribution is 2.41. The molecular formula is C25H40N2O. The molecule has 1 aliphatic heterocycles. The van der Waals surface area contributed by atoms with Crippen molar-refractivity contribution in [3.05, 3.63) is 35.9 Å². The molecule has 1 aromatic rings. The van der Waals surface area contributed by atoms with E-state index in [-0.39, 0.29) is 17.6 Å². The molecule has 3 heteroatoms. The molecule has 0 aromatic heterocycles. The van der Waals surface area contributed by atoms with Crippen molar-refractivity contribution in [2.45, 2.75) is 97.3 Å². The lowest BCUT2D eigenvalue weighted by Crippen LogP contribution is -2.61. The van der Waals surface area contributed by atoms with E-state index in [1.54, 1.807) is 0 Å². The predicted molar refractivity (Wildman–Crippen MR) is 117 cm³/mol. The molecule has 1 saturated carbocycles. The topological polar surface area (TPSA) is 23.6 Å². The van der Waals surface area contributed by atoms with Crippen LogP contribution in [0.25, 0.3) is 0 Å². The second-order valence-corrected chi connectivity index (χ2v) is 10.1. The van der Waals surface area contributed by atoms with Crippen molar-refractivity contribution in [3.8, 4) is 0 Å². The summed E-state index contributed by atoms with van der Waals surface area (Å²) in [7, 11) is 0. The predicted octanol–water partition coefficient (Wildman–Crippen LogP) is 5.49. The minimum Gasteiger partial charge on any atom is -0.334 e. The van der Waals surface area contributed by atoms with E-state index in [2.05, 4.69) is 68.7 Å². The lowest BCUT2D eigenvalue weighted by Gasteiger charge is -2.52. The lowest BCUT2D eigenvalue weighted by molar-refractivity contribution is -0.147. The van der Waals surface area contributed by atoms with Crippen LogP contribution in [0, 0.1) is 11.8 Å². The molecule has 1 heterocycles. The Balaban J connectivity index is 1.85. The molecule has 1 amide bonds. The van der Waals surface area contributed by atoms with E-state index in [0.29, 0.717) is 5.91 Å². The molecule has 28 heavy (non-hydrogen) atoms. The van der Waals surface area contributed by atoms with Crippen LogP contribution >= 0.6 is 0 Å². The SMILES string of the molecule is CCC(C)N(Cc1ccccc1)C(=O)C1CC2CCCCC2CN1C(C)(C)C. The van der Waals surface area contributed by atoms with E-state index in [0.717, 1.165) is 37.8 Å². The Bertz CT molecular complexity index is 636. The van der Waals surface area contributed by atoms with Gasteiger partial charge in [-0.25, -0.2) is 0 Å². The van der Waals surface area contributed by atoms with E-state index in [1.165, 1.54) is 31.2 Å². The number of carbonyl (C=O) groups excluding carboxylic acids is 1. The van der Waals surface area contributed by atoms with Gasteiger partial charge in [0.25, 0.3) is 0 Å². The van der Waals surface area contributed by atoms with Crippen LogP contribution in [0.2, 0.25) is 0 Å². The van der Waals surface area contributed by atoms with Crippen LogP contribution in [0.15, 0.2) is 30.3 Å². The second-order valence-electron chi connectivity index (χ2n) is 10.1. The molecule has 1 aliphatic carbocycles. The second kappa shape index (κ2) is 8.98. The molecule has 4 unspecified atom stereocenters. The summed E-state index contributed by atoms with van der Waals surface area (Å²) in [5, 5.41) is 0. The maximum absolute atomic E-state index is 13.9. The van der Waals surface area contributed by atoms with Gasteiger partial charge in [-0.2, -0.15) is 0 Å². The summed E-state index contributed by atoms with van der Waals surface area (Å²) in [6.07, 6.45) is 7.41. The average molecular weight is 385 g/mol. The van der Waals surface area contributed by atoms with E-state index >= 15 is 0 Å². The van der Waals surface area contributed by atoms with Crippen molar-refractivity contribution in [1.29, 1.82) is 0 Å². The summed E-state index contributed by atoms with van der Waals surface area (Å²) in [6, 6.07) is 10.8. The van der Waals surface area contributed by atoms with Crippen LogP contribution < -0.4 is 0 Å². The Morgan fingerprint density at radius 3 is 2.39 bits per heavy atom. The Kier molecular flexibility index (Phi) is 6.85. The Labute approximate surface area is 172 Å². The van der Waals surface area contributed by atoms with Crippen molar-refractivity contribution in [1.82, 2.24) is 9.80 Å². The molecule has 156 valence electrons. The molecule has 2 aliphatic rings. The first kappa shape index (κ1) is 21.4. The molecule has 1 aromatic carbocycles. The van der Waals surface area contributed by atoms with Gasteiger partial charge in [-0.3, -0.25) is 9.69 Å². The van der Waals surface area contributed by atoms with Crippen molar-refractivity contribution < 1.29 is 4.79 Å². The highest BCUT2D eigenvalue weighted by Gasteiger charge is 2.45. The number of carbonyl (C=O) groups is 1. The van der Waals surface area contributed by atoms with Crippen molar-refractivity contribution in [2.24, 2.45) is 11.8 Å². The fourth-order valence-electron chi connectivity index (χ4n) is 5.25. The van der Waals surface area contributed by atoms with Gasteiger partial charge in [0.2, 0.25) is 5.91 Å². The summed E-state index contributed by atoms with van der Waals surface area (Å²) < 4.78 is 0. The van der Waals surface area contributed by atoms with Gasteiger partial charge in [0, 0.05) is 24.7 Å². The van der Waals surface area contributed by atoms with Gasteiger partial charge in [-0.1, -0.05) is 56.5 Å². The summed E-state index contributed by atoms with van der Waals surface area (Å²) >= 11 is 0. The van der Waals surface area contributed by atoms with Gasteiger partial charge in [0.05, 0.1) is 6.04 Å². The zero-order valence-corrected chi connectivity index (χ0v) is 18.7. The Morgan fingerprint density at radius 1 is 1.14 bits per heavy atom. The number of benzene rings is 1. The summed E-state index contributed by atoms with van der Waals surface area (Å²) in [5.74, 6) is 1.86. The number of hydrogen-bond acceptors (Lipinski definition) is 2. The van der Waals surface area contributed by atoms with E-state index in [9.17, 15) is 4.79 Å². The van der Waals surface area contributed by atoms with Crippen LogP contribution in [0.4, 0.5) is 0 Å². The normalized spacial score (nSPS) is 27.1. The number of piperidine rings is 1. The molecule has 0 bridgehead atoms. The average Bonchev–Trinajstić information content (AvgIpc) is 2.70.